The lowest BCUT2D eigenvalue weighted by atomic mass is 10.1. The van der Waals surface area contributed by atoms with Gasteiger partial charge in [-0.3, -0.25) is 4.79 Å². The zero-order chi connectivity index (χ0) is 12.4. The van der Waals surface area contributed by atoms with Crippen molar-refractivity contribution in [2.24, 2.45) is 0 Å². The SMILES string of the molecule is CCNC1C(=O)Nc2cc(OCC)c(Br)cc21. The van der Waals surface area contributed by atoms with Crippen LogP contribution in [0.4, 0.5) is 5.69 Å². The van der Waals surface area contributed by atoms with Crippen LogP contribution in [0, 0.1) is 0 Å². The second-order valence-electron chi connectivity index (χ2n) is 3.78. The number of ether oxygens (including phenoxy) is 1. The predicted octanol–water partition coefficient (Wildman–Crippen LogP) is 2.45. The van der Waals surface area contributed by atoms with Crippen LogP contribution in [-0.4, -0.2) is 19.1 Å². The van der Waals surface area contributed by atoms with Crippen LogP contribution >= 0.6 is 15.9 Å². The number of halogens is 1. The number of nitrogens with one attached hydrogen (secondary N) is 2. The fourth-order valence-electron chi connectivity index (χ4n) is 1.93. The fourth-order valence-corrected chi connectivity index (χ4v) is 2.41. The van der Waals surface area contributed by atoms with E-state index in [1.165, 1.54) is 0 Å². The van der Waals surface area contributed by atoms with Gasteiger partial charge in [0.2, 0.25) is 5.91 Å². The zero-order valence-electron chi connectivity index (χ0n) is 9.84. The number of anilines is 1. The highest BCUT2D eigenvalue weighted by molar-refractivity contribution is 9.10. The Balaban J connectivity index is 2.37. The Morgan fingerprint density at radius 2 is 2.24 bits per heavy atom. The van der Waals surface area contributed by atoms with Crippen molar-refractivity contribution in [3.63, 3.8) is 0 Å². The Morgan fingerprint density at radius 3 is 2.88 bits per heavy atom. The molecule has 2 N–H and O–H groups in total. The molecular weight excluding hydrogens is 284 g/mol. The van der Waals surface area contributed by atoms with E-state index in [2.05, 4.69) is 26.6 Å². The number of carbonyl (C=O) groups excluding carboxylic acids is 1. The van der Waals surface area contributed by atoms with Gasteiger partial charge in [-0.1, -0.05) is 6.92 Å². The first-order chi connectivity index (χ1) is 8.17. The first-order valence-corrected chi connectivity index (χ1v) is 6.47. The molecule has 92 valence electrons. The first-order valence-electron chi connectivity index (χ1n) is 5.67. The summed E-state index contributed by atoms with van der Waals surface area (Å²) in [5, 5.41) is 6.01. The molecule has 0 aromatic heterocycles. The van der Waals surface area contributed by atoms with Gasteiger partial charge in [0, 0.05) is 17.3 Å². The third-order valence-electron chi connectivity index (χ3n) is 2.64. The van der Waals surface area contributed by atoms with Crippen LogP contribution in [0.25, 0.3) is 0 Å². The fraction of sp³-hybridized carbons (Fsp3) is 0.417. The van der Waals surface area contributed by atoms with Crippen molar-refractivity contribution in [1.29, 1.82) is 0 Å². The lowest BCUT2D eigenvalue weighted by Gasteiger charge is -2.11. The van der Waals surface area contributed by atoms with E-state index in [0.29, 0.717) is 6.61 Å². The van der Waals surface area contributed by atoms with Gasteiger partial charge in [-0.2, -0.15) is 0 Å². The summed E-state index contributed by atoms with van der Waals surface area (Å²) < 4.78 is 6.35. The molecule has 4 nitrogen and oxygen atoms in total. The molecule has 2 rings (SSSR count). The van der Waals surface area contributed by atoms with Gasteiger partial charge in [0.25, 0.3) is 0 Å². The Morgan fingerprint density at radius 1 is 1.47 bits per heavy atom. The number of carbonyl (C=O) groups is 1. The maximum atomic E-state index is 11.8. The van der Waals surface area contributed by atoms with Crippen molar-refractivity contribution in [1.82, 2.24) is 5.32 Å². The van der Waals surface area contributed by atoms with E-state index in [-0.39, 0.29) is 11.9 Å². The Labute approximate surface area is 109 Å². The van der Waals surface area contributed by atoms with E-state index in [1.807, 2.05) is 26.0 Å². The monoisotopic (exact) mass is 298 g/mol. The van der Waals surface area contributed by atoms with Gasteiger partial charge in [-0.25, -0.2) is 0 Å². The summed E-state index contributed by atoms with van der Waals surface area (Å²) in [7, 11) is 0. The van der Waals surface area contributed by atoms with Gasteiger partial charge < -0.3 is 15.4 Å². The lowest BCUT2D eigenvalue weighted by Crippen LogP contribution is -2.27. The molecular formula is C12H15BrN2O2. The summed E-state index contributed by atoms with van der Waals surface area (Å²) in [6.45, 7) is 5.26. The Hall–Kier alpha value is -1.07. The largest absolute Gasteiger partial charge is 0.493 e. The number of hydrogen-bond donors (Lipinski definition) is 2. The minimum Gasteiger partial charge on any atom is -0.493 e. The quantitative estimate of drug-likeness (QED) is 0.898. The van der Waals surface area contributed by atoms with Crippen LogP contribution in [-0.2, 0) is 4.79 Å². The van der Waals surface area contributed by atoms with Crippen molar-refractivity contribution >= 4 is 27.5 Å². The van der Waals surface area contributed by atoms with E-state index in [1.54, 1.807) is 0 Å². The molecule has 1 aliphatic heterocycles. The van der Waals surface area contributed by atoms with Crippen molar-refractivity contribution in [3.8, 4) is 5.75 Å². The predicted molar refractivity (Wildman–Crippen MR) is 70.4 cm³/mol. The highest BCUT2D eigenvalue weighted by atomic mass is 79.9. The molecule has 1 amide bonds. The normalized spacial score (nSPS) is 17.8. The molecule has 0 saturated heterocycles. The maximum Gasteiger partial charge on any atom is 0.246 e. The molecule has 0 bridgehead atoms. The molecule has 0 aliphatic carbocycles. The maximum absolute atomic E-state index is 11.8. The van der Waals surface area contributed by atoms with E-state index in [9.17, 15) is 4.79 Å². The number of amides is 1. The van der Waals surface area contributed by atoms with Crippen molar-refractivity contribution in [2.45, 2.75) is 19.9 Å². The van der Waals surface area contributed by atoms with Crippen LogP contribution in [0.2, 0.25) is 0 Å². The Kier molecular flexibility index (Phi) is 3.69. The minimum atomic E-state index is -0.262. The van der Waals surface area contributed by atoms with Crippen molar-refractivity contribution < 1.29 is 9.53 Å². The molecule has 1 heterocycles. The molecule has 5 heteroatoms. The third kappa shape index (κ3) is 2.30. The Bertz CT molecular complexity index is 448. The molecule has 1 aromatic carbocycles. The topological polar surface area (TPSA) is 50.4 Å². The molecule has 17 heavy (non-hydrogen) atoms. The summed E-state index contributed by atoms with van der Waals surface area (Å²) in [5.41, 5.74) is 1.79. The van der Waals surface area contributed by atoms with Crippen LogP contribution in [0.3, 0.4) is 0 Å². The molecule has 0 spiro atoms. The van der Waals surface area contributed by atoms with Crippen LogP contribution in [0.1, 0.15) is 25.5 Å². The van der Waals surface area contributed by atoms with Crippen LogP contribution < -0.4 is 15.4 Å². The molecule has 0 saturated carbocycles. The van der Waals surface area contributed by atoms with E-state index in [4.69, 9.17) is 4.74 Å². The summed E-state index contributed by atoms with van der Waals surface area (Å²) in [6, 6.07) is 3.53. The average molecular weight is 299 g/mol. The number of benzene rings is 1. The number of rotatable bonds is 4. The highest BCUT2D eigenvalue weighted by Gasteiger charge is 2.30. The smallest absolute Gasteiger partial charge is 0.246 e. The van der Waals surface area contributed by atoms with Gasteiger partial charge in [-0.15, -0.1) is 0 Å². The average Bonchev–Trinajstić information content (AvgIpc) is 2.57. The van der Waals surface area contributed by atoms with Crippen LogP contribution in [0.15, 0.2) is 16.6 Å². The van der Waals surface area contributed by atoms with Crippen LogP contribution in [0.5, 0.6) is 5.75 Å². The van der Waals surface area contributed by atoms with Crippen molar-refractivity contribution in [2.75, 3.05) is 18.5 Å². The summed E-state index contributed by atoms with van der Waals surface area (Å²) in [4.78, 5) is 11.8. The minimum absolute atomic E-state index is 0.0117. The third-order valence-corrected chi connectivity index (χ3v) is 3.26. The van der Waals surface area contributed by atoms with E-state index >= 15 is 0 Å². The van der Waals surface area contributed by atoms with Gasteiger partial charge in [0.1, 0.15) is 11.8 Å². The molecule has 1 atom stereocenters. The summed E-state index contributed by atoms with van der Waals surface area (Å²) in [5.74, 6) is 0.742. The molecule has 1 unspecified atom stereocenters. The van der Waals surface area contributed by atoms with E-state index < -0.39 is 0 Å². The number of likely N-dealkylation sites (N-methyl/N-ethyl adjacent to an activating group) is 1. The van der Waals surface area contributed by atoms with Gasteiger partial charge in [-0.05, 0) is 35.5 Å². The standard InChI is InChI=1S/C12H15BrN2O2/c1-3-14-11-7-5-8(13)10(17-4-2)6-9(7)15-12(11)16/h5-6,11,14H,3-4H2,1-2H3,(H,15,16). The number of fused-ring (bicyclic) bond motifs is 1. The second-order valence-corrected chi connectivity index (χ2v) is 4.64. The second kappa shape index (κ2) is 5.06. The molecule has 1 aromatic rings. The molecule has 0 fully saturated rings. The van der Waals surface area contributed by atoms with Crippen molar-refractivity contribution in [3.05, 3.63) is 22.2 Å². The lowest BCUT2D eigenvalue weighted by molar-refractivity contribution is -0.117. The van der Waals surface area contributed by atoms with Gasteiger partial charge >= 0.3 is 0 Å². The highest BCUT2D eigenvalue weighted by Crippen LogP contribution is 2.38. The number of hydrogen-bond acceptors (Lipinski definition) is 3. The summed E-state index contributed by atoms with van der Waals surface area (Å²) in [6.07, 6.45) is 0. The molecule has 0 radical (unpaired) electrons. The van der Waals surface area contributed by atoms with Gasteiger partial charge in [0.15, 0.2) is 0 Å². The van der Waals surface area contributed by atoms with E-state index in [0.717, 1.165) is 28.0 Å². The summed E-state index contributed by atoms with van der Waals surface area (Å²) >= 11 is 3.46. The molecule has 1 aliphatic rings. The van der Waals surface area contributed by atoms with Gasteiger partial charge in [0.05, 0.1) is 11.1 Å². The first kappa shape index (κ1) is 12.4. The zero-order valence-corrected chi connectivity index (χ0v) is 11.4.